The van der Waals surface area contributed by atoms with Gasteiger partial charge < -0.3 is 24.2 Å². The van der Waals surface area contributed by atoms with Crippen LogP contribution in [0.1, 0.15) is 69.8 Å². The number of fused-ring (bicyclic) bond motifs is 5. The lowest BCUT2D eigenvalue weighted by atomic mass is 9.93. The number of thiophene rings is 1. The third-order valence-electron chi connectivity index (χ3n) is 10.1. The van der Waals surface area contributed by atoms with Crippen LogP contribution in [0.25, 0.3) is 32.0 Å². The number of pyridine rings is 2. The number of carbonyl (C=O) groups excluding carboxylic acids is 1. The minimum atomic E-state index is -0.282. The molecule has 1 amide bonds. The van der Waals surface area contributed by atoms with E-state index in [1.807, 2.05) is 29.3 Å². The average Bonchev–Trinajstić information content (AvgIpc) is 3.98. The lowest BCUT2D eigenvalue weighted by molar-refractivity contribution is 0.0776. The van der Waals surface area contributed by atoms with Gasteiger partial charge in [-0.1, -0.05) is 24.3 Å². The van der Waals surface area contributed by atoms with Gasteiger partial charge >= 0.3 is 6.01 Å². The minimum absolute atomic E-state index is 0.0340. The zero-order valence-electron chi connectivity index (χ0n) is 27.5. The van der Waals surface area contributed by atoms with Gasteiger partial charge in [-0.2, -0.15) is 4.98 Å². The van der Waals surface area contributed by atoms with Crippen molar-refractivity contribution in [3.8, 4) is 33.7 Å². The van der Waals surface area contributed by atoms with E-state index in [0.29, 0.717) is 30.5 Å². The van der Waals surface area contributed by atoms with Gasteiger partial charge in [0.05, 0.1) is 53.5 Å². The van der Waals surface area contributed by atoms with Crippen molar-refractivity contribution in [1.82, 2.24) is 25.0 Å². The summed E-state index contributed by atoms with van der Waals surface area (Å²) in [6.07, 6.45) is 6.56. The summed E-state index contributed by atoms with van der Waals surface area (Å²) in [6, 6.07) is 16.9. The van der Waals surface area contributed by atoms with Crippen molar-refractivity contribution < 1.29 is 23.2 Å². The summed E-state index contributed by atoms with van der Waals surface area (Å²) in [5, 5.41) is 8.77. The molecule has 2 aromatic carbocycles. The van der Waals surface area contributed by atoms with E-state index < -0.39 is 0 Å². The van der Waals surface area contributed by atoms with Crippen LogP contribution < -0.4 is 14.8 Å². The summed E-state index contributed by atoms with van der Waals surface area (Å²) < 4.78 is 31.5. The van der Waals surface area contributed by atoms with Gasteiger partial charge in [0.1, 0.15) is 17.4 Å². The Morgan fingerprint density at radius 2 is 1.90 bits per heavy atom. The molecule has 9 rings (SSSR count). The molecule has 0 radical (unpaired) electrons. The first-order valence-corrected chi connectivity index (χ1v) is 17.6. The summed E-state index contributed by atoms with van der Waals surface area (Å²) in [5.41, 5.74) is 6.87. The molecule has 1 fully saturated rings. The third-order valence-corrected chi connectivity index (χ3v) is 11.3. The molecule has 252 valence electrons. The maximum atomic E-state index is 14.3. The van der Waals surface area contributed by atoms with Crippen molar-refractivity contribution in [1.29, 1.82) is 0 Å². The van der Waals surface area contributed by atoms with Gasteiger partial charge in [-0.25, -0.2) is 9.37 Å². The van der Waals surface area contributed by atoms with Crippen molar-refractivity contribution in [2.75, 3.05) is 26.1 Å². The van der Waals surface area contributed by atoms with Crippen molar-refractivity contribution in [3.05, 3.63) is 100 Å². The van der Waals surface area contributed by atoms with E-state index in [1.165, 1.54) is 30.4 Å². The largest absolute Gasteiger partial charge is 0.496 e. The van der Waals surface area contributed by atoms with Crippen LogP contribution in [0.2, 0.25) is 0 Å². The fourth-order valence-corrected chi connectivity index (χ4v) is 9.00. The van der Waals surface area contributed by atoms with Gasteiger partial charge in [0.25, 0.3) is 11.8 Å². The Morgan fingerprint density at radius 1 is 1.02 bits per heavy atom. The second-order valence-corrected chi connectivity index (χ2v) is 13.9. The normalized spacial score (nSPS) is 17.7. The van der Waals surface area contributed by atoms with Gasteiger partial charge in [-0.05, 0) is 96.1 Å². The number of benzene rings is 2. The number of aryl methyl sites for hydroxylation is 2. The Morgan fingerprint density at radius 3 is 2.72 bits per heavy atom. The number of halogens is 1. The molecule has 0 saturated carbocycles. The number of aromatic nitrogens is 4. The second kappa shape index (κ2) is 12.2. The highest BCUT2D eigenvalue weighted by Gasteiger charge is 2.45. The summed E-state index contributed by atoms with van der Waals surface area (Å²) in [4.78, 5) is 31.7. The lowest BCUT2D eigenvalue weighted by Gasteiger charge is -2.16. The van der Waals surface area contributed by atoms with Crippen molar-refractivity contribution in [3.63, 3.8) is 0 Å². The van der Waals surface area contributed by atoms with Crippen LogP contribution in [-0.2, 0) is 19.3 Å². The van der Waals surface area contributed by atoms with E-state index in [1.54, 1.807) is 30.6 Å². The van der Waals surface area contributed by atoms with Gasteiger partial charge in [0, 0.05) is 23.2 Å². The maximum Gasteiger partial charge on any atom is 0.354 e. The number of carbonyl (C=O) groups is 1. The summed E-state index contributed by atoms with van der Waals surface area (Å²) in [6.45, 7) is 0.686. The molecule has 0 bridgehead atoms. The Hall–Kier alpha value is -5.36. The van der Waals surface area contributed by atoms with E-state index in [4.69, 9.17) is 24.0 Å². The van der Waals surface area contributed by atoms with Crippen molar-refractivity contribution >= 4 is 33.1 Å². The fraction of sp³-hybridized carbons (Fsp3) is 0.289. The molecule has 10 nitrogen and oxygen atoms in total. The smallest absolute Gasteiger partial charge is 0.354 e. The van der Waals surface area contributed by atoms with Crippen molar-refractivity contribution in [2.24, 2.45) is 0 Å². The molecule has 4 aromatic heterocycles. The van der Waals surface area contributed by atoms with Crippen LogP contribution in [0.5, 0.6) is 11.8 Å². The molecule has 50 heavy (non-hydrogen) atoms. The van der Waals surface area contributed by atoms with E-state index in [9.17, 15) is 9.18 Å². The molecule has 3 aliphatic rings. The van der Waals surface area contributed by atoms with Crippen LogP contribution in [0.15, 0.2) is 65.3 Å². The highest BCUT2D eigenvalue weighted by atomic mass is 32.1. The molecule has 2 aliphatic heterocycles. The molecule has 1 N–H and O–H groups in total. The highest BCUT2D eigenvalue weighted by Crippen LogP contribution is 2.51. The molecule has 0 spiro atoms. The summed E-state index contributed by atoms with van der Waals surface area (Å²) >= 11 is 1.58. The average molecular weight is 689 g/mol. The SMILES string of the molecule is COc1noc(-c2c(CCc3ccc(F)cc3)nc3c(c2-c2cc4ccnc(NC5CCc6c(OC)cccc65)c4s2)C(=O)N2CCC[C@@H]32)n1. The minimum Gasteiger partial charge on any atom is -0.496 e. The molecular weight excluding hydrogens is 656 g/mol. The van der Waals surface area contributed by atoms with Crippen LogP contribution >= 0.6 is 11.3 Å². The lowest BCUT2D eigenvalue weighted by Crippen LogP contribution is -2.22. The molecule has 1 saturated heterocycles. The van der Waals surface area contributed by atoms with E-state index in [-0.39, 0.29) is 35.7 Å². The quantitative estimate of drug-likeness (QED) is 0.163. The monoisotopic (exact) mass is 688 g/mol. The van der Waals surface area contributed by atoms with Gasteiger partial charge in [-0.15, -0.1) is 11.3 Å². The van der Waals surface area contributed by atoms with Crippen LogP contribution in [-0.4, -0.2) is 51.7 Å². The number of rotatable bonds is 9. The maximum absolute atomic E-state index is 14.3. The Balaban J connectivity index is 1.21. The standard InChI is InChI=1S/C38H33FN6O4S/c1-47-28-7-3-5-23-24(28)13-15-25(23)42-35-34-21(16-17-40-35)19-29(50-34)31-30(36-43-38(48-2)44-49-36)26(14-10-20-8-11-22(39)12-9-20)41-33-27-6-4-18-45(27)37(46)32(31)33/h3,5,7-9,11-12,16-17,19,25,27H,4,6,10,13-15,18H2,1-2H3,(H,40,42)/t25?,27-/m0/s1. The number of anilines is 1. The Labute approximate surface area is 291 Å². The highest BCUT2D eigenvalue weighted by molar-refractivity contribution is 7.23. The van der Waals surface area contributed by atoms with E-state index in [0.717, 1.165) is 74.7 Å². The summed E-state index contributed by atoms with van der Waals surface area (Å²) in [5.74, 6) is 1.61. The molecule has 1 unspecified atom stereocenters. The molecule has 12 heteroatoms. The van der Waals surface area contributed by atoms with E-state index >= 15 is 0 Å². The predicted octanol–water partition coefficient (Wildman–Crippen LogP) is 7.74. The number of amides is 1. The molecule has 1 aliphatic carbocycles. The third kappa shape index (κ3) is 5.00. The zero-order chi connectivity index (χ0) is 33.9. The molecule has 2 atom stereocenters. The molecule has 6 heterocycles. The van der Waals surface area contributed by atoms with Gasteiger partial charge in [-0.3, -0.25) is 9.78 Å². The first-order chi connectivity index (χ1) is 24.5. The van der Waals surface area contributed by atoms with Crippen LogP contribution in [0, 0.1) is 5.82 Å². The topological polar surface area (TPSA) is 116 Å². The number of nitrogens with zero attached hydrogens (tertiary/aromatic N) is 5. The number of hydrogen-bond acceptors (Lipinski definition) is 10. The fourth-order valence-electron chi connectivity index (χ4n) is 7.83. The Bertz CT molecular complexity index is 2290. The first kappa shape index (κ1) is 30.7. The molecule has 6 aromatic rings. The van der Waals surface area contributed by atoms with Crippen LogP contribution in [0.4, 0.5) is 10.2 Å². The van der Waals surface area contributed by atoms with E-state index in [2.05, 4.69) is 27.6 Å². The predicted molar refractivity (Wildman–Crippen MR) is 187 cm³/mol. The number of methoxy groups -OCH3 is 2. The second-order valence-electron chi connectivity index (χ2n) is 12.9. The zero-order valence-corrected chi connectivity index (χ0v) is 28.3. The van der Waals surface area contributed by atoms with Crippen molar-refractivity contribution in [2.45, 2.75) is 50.6 Å². The number of nitrogens with one attached hydrogen (secondary N) is 1. The summed E-state index contributed by atoms with van der Waals surface area (Å²) in [7, 11) is 3.19. The number of ether oxygens (including phenoxy) is 2. The first-order valence-electron chi connectivity index (χ1n) is 16.8. The number of hydrogen-bond donors (Lipinski definition) is 1. The Kier molecular flexibility index (Phi) is 7.49. The molecular formula is C38H33FN6O4S. The van der Waals surface area contributed by atoms with Crippen LogP contribution in [0.3, 0.4) is 0 Å². The van der Waals surface area contributed by atoms with Gasteiger partial charge in [0.2, 0.25) is 0 Å². The van der Waals surface area contributed by atoms with Gasteiger partial charge in [0.15, 0.2) is 0 Å².